The monoisotopic (exact) mass is 219 g/mol. The van der Waals surface area contributed by atoms with E-state index in [1.807, 2.05) is 19.1 Å². The van der Waals surface area contributed by atoms with Crippen LogP contribution in [0.2, 0.25) is 0 Å². The topological polar surface area (TPSA) is 105 Å². The second kappa shape index (κ2) is 3.99. The maximum Gasteiger partial charge on any atom is 0.273 e. The Morgan fingerprint density at radius 1 is 1.50 bits per heavy atom. The minimum atomic E-state index is -0.509. The van der Waals surface area contributed by atoms with Crippen LogP contribution in [0.1, 0.15) is 17.4 Å². The Bertz CT molecular complexity index is 528. The first kappa shape index (κ1) is 10.7. The van der Waals surface area contributed by atoms with E-state index in [0.29, 0.717) is 15.9 Å². The normalized spacial score (nSPS) is 12.9. The Kier molecular flexibility index (Phi) is 2.67. The van der Waals surface area contributed by atoms with Gasteiger partial charge in [0, 0.05) is 17.2 Å². The fraction of sp³-hybridized carbons (Fsp3) is 0.300. The van der Waals surface area contributed by atoms with Gasteiger partial charge in [-0.2, -0.15) is 0 Å². The summed E-state index contributed by atoms with van der Waals surface area (Å²) in [4.78, 5) is 4.79. The highest BCUT2D eigenvalue weighted by molar-refractivity contribution is 5.74. The molecule has 2 aromatic rings. The Morgan fingerprint density at radius 2 is 2.25 bits per heavy atom. The minimum absolute atomic E-state index is 0.206. The third-order valence-electron chi connectivity index (χ3n) is 2.42. The summed E-state index contributed by atoms with van der Waals surface area (Å²) in [6.45, 7) is 2.04. The number of aryl methyl sites for hydroxylation is 1. The molecule has 6 heteroatoms. The summed E-state index contributed by atoms with van der Waals surface area (Å²) in [5, 5.41) is 15.5. The van der Waals surface area contributed by atoms with Gasteiger partial charge in [0.05, 0.1) is 6.04 Å². The van der Waals surface area contributed by atoms with E-state index in [2.05, 4.69) is 10.1 Å². The van der Waals surface area contributed by atoms with Crippen molar-refractivity contribution in [2.75, 3.05) is 6.54 Å². The second-order valence-electron chi connectivity index (χ2n) is 3.63. The molecule has 1 aromatic carbocycles. The molecule has 1 unspecified atom stereocenters. The molecule has 16 heavy (non-hydrogen) atoms. The van der Waals surface area contributed by atoms with Gasteiger partial charge in [-0.3, -0.25) is 0 Å². The lowest BCUT2D eigenvalue weighted by Gasteiger charge is -2.07. The number of benzene rings is 1. The zero-order valence-electron chi connectivity index (χ0n) is 8.92. The lowest BCUT2D eigenvalue weighted by molar-refractivity contribution is -0.644. The van der Waals surface area contributed by atoms with Crippen LogP contribution in [-0.4, -0.2) is 16.6 Å². The van der Waals surface area contributed by atoms with Crippen LogP contribution in [0.5, 0.6) is 0 Å². The fourth-order valence-corrected chi connectivity index (χ4v) is 1.53. The van der Waals surface area contributed by atoms with Gasteiger partial charge in [-0.1, -0.05) is 12.1 Å². The van der Waals surface area contributed by atoms with Crippen molar-refractivity contribution >= 4 is 11.0 Å². The highest BCUT2D eigenvalue weighted by atomic mass is 16.5. The van der Waals surface area contributed by atoms with Crippen molar-refractivity contribution in [3.8, 4) is 0 Å². The molecule has 0 spiro atoms. The van der Waals surface area contributed by atoms with Gasteiger partial charge in [0.1, 0.15) is 5.52 Å². The van der Waals surface area contributed by atoms with E-state index in [1.165, 1.54) is 0 Å². The summed E-state index contributed by atoms with van der Waals surface area (Å²) in [7, 11) is 0. The van der Waals surface area contributed by atoms with Gasteiger partial charge in [0.15, 0.2) is 0 Å². The lowest BCUT2D eigenvalue weighted by Crippen LogP contribution is -2.37. The molecule has 0 aliphatic rings. The molecule has 6 nitrogen and oxygen atoms in total. The first-order valence-corrected chi connectivity index (χ1v) is 4.96. The molecule has 1 aromatic heterocycles. The molecule has 4 N–H and O–H groups in total. The highest BCUT2D eigenvalue weighted by Crippen LogP contribution is 2.12. The van der Waals surface area contributed by atoms with Crippen LogP contribution in [0, 0.1) is 12.1 Å². The van der Waals surface area contributed by atoms with Gasteiger partial charge in [-0.05, 0) is 17.8 Å². The maximum atomic E-state index is 11.7. The maximum absolute atomic E-state index is 11.7. The Balaban J connectivity index is 2.68. The third-order valence-corrected chi connectivity index (χ3v) is 2.42. The van der Waals surface area contributed by atoms with Crippen molar-refractivity contribution < 1.29 is 4.85 Å². The Labute approximate surface area is 92.5 Å². The molecule has 0 saturated carbocycles. The zero-order chi connectivity index (χ0) is 11.7. The Hall–Kier alpha value is -1.79. The summed E-state index contributed by atoms with van der Waals surface area (Å²) < 4.78 is 0. The predicted molar refractivity (Wildman–Crippen MR) is 59.2 cm³/mol. The standard InChI is InChI=1S/C10H13N5O/c1-6-3-2-4-8-9(6)15(16)14-10(13-8)7(12)5-11/h2-4,7H,5,11-12H2,1H3. The number of para-hydroxylation sites is 1. The first-order valence-electron chi connectivity index (χ1n) is 4.96. The summed E-state index contributed by atoms with van der Waals surface area (Å²) in [6, 6.07) is 4.92. The van der Waals surface area contributed by atoms with Crippen molar-refractivity contribution in [3.63, 3.8) is 0 Å². The van der Waals surface area contributed by atoms with E-state index in [-0.39, 0.29) is 12.4 Å². The van der Waals surface area contributed by atoms with Crippen LogP contribution in [0.3, 0.4) is 0 Å². The molecule has 0 saturated heterocycles. The predicted octanol–water partition coefficient (Wildman–Crippen LogP) is -0.470. The molecule has 84 valence electrons. The molecule has 0 aliphatic carbocycles. The zero-order valence-corrected chi connectivity index (χ0v) is 8.92. The van der Waals surface area contributed by atoms with Crippen LogP contribution >= 0.6 is 0 Å². The number of nitrogens with zero attached hydrogens (tertiary/aromatic N) is 3. The van der Waals surface area contributed by atoms with E-state index in [0.717, 1.165) is 5.56 Å². The number of nitrogens with two attached hydrogens (primary N) is 2. The van der Waals surface area contributed by atoms with Gasteiger partial charge >= 0.3 is 0 Å². The molecular formula is C10H13N5O. The average Bonchev–Trinajstić information content (AvgIpc) is 2.27. The number of hydrogen-bond acceptors (Lipinski definition) is 5. The van der Waals surface area contributed by atoms with Crippen LogP contribution in [0.15, 0.2) is 18.2 Å². The largest absolute Gasteiger partial charge is 0.594 e. The second-order valence-corrected chi connectivity index (χ2v) is 3.63. The molecule has 0 radical (unpaired) electrons. The molecule has 0 fully saturated rings. The first-order chi connectivity index (χ1) is 7.63. The average molecular weight is 219 g/mol. The SMILES string of the molecule is Cc1cccc2nc(C(N)CN)n[n+]([O-])c12. The number of rotatable bonds is 2. The summed E-state index contributed by atoms with van der Waals surface area (Å²) in [5.74, 6) is 0.274. The van der Waals surface area contributed by atoms with Crippen molar-refractivity contribution in [3.05, 3.63) is 34.8 Å². The molecule has 1 heterocycles. The molecule has 0 aliphatic heterocycles. The third kappa shape index (κ3) is 1.68. The molecule has 0 bridgehead atoms. The molecular weight excluding hydrogens is 206 g/mol. The van der Waals surface area contributed by atoms with Gasteiger partial charge in [0.25, 0.3) is 5.52 Å². The Morgan fingerprint density at radius 3 is 2.94 bits per heavy atom. The van der Waals surface area contributed by atoms with Crippen LogP contribution in [0.4, 0.5) is 0 Å². The van der Waals surface area contributed by atoms with E-state index < -0.39 is 6.04 Å². The van der Waals surface area contributed by atoms with Crippen molar-refractivity contribution in [1.82, 2.24) is 10.1 Å². The van der Waals surface area contributed by atoms with Crippen LogP contribution in [0.25, 0.3) is 11.0 Å². The quantitative estimate of drug-likeness (QED) is 0.524. The van der Waals surface area contributed by atoms with Gasteiger partial charge < -0.3 is 16.7 Å². The molecule has 2 rings (SSSR count). The van der Waals surface area contributed by atoms with E-state index >= 15 is 0 Å². The minimum Gasteiger partial charge on any atom is -0.594 e. The highest BCUT2D eigenvalue weighted by Gasteiger charge is 2.16. The van der Waals surface area contributed by atoms with E-state index in [9.17, 15) is 5.21 Å². The van der Waals surface area contributed by atoms with Crippen LogP contribution < -0.4 is 16.3 Å². The number of fused-ring (bicyclic) bond motifs is 1. The van der Waals surface area contributed by atoms with Crippen molar-refractivity contribution in [1.29, 1.82) is 0 Å². The van der Waals surface area contributed by atoms with E-state index in [4.69, 9.17) is 11.5 Å². The summed E-state index contributed by atoms with van der Waals surface area (Å²) >= 11 is 0. The van der Waals surface area contributed by atoms with Gasteiger partial charge in [-0.25, -0.2) is 4.98 Å². The van der Waals surface area contributed by atoms with E-state index in [1.54, 1.807) is 6.07 Å². The summed E-state index contributed by atoms with van der Waals surface area (Å²) in [5.41, 5.74) is 13.0. The van der Waals surface area contributed by atoms with Gasteiger partial charge in [-0.15, -0.1) is 0 Å². The number of hydrogen-bond donors (Lipinski definition) is 2. The smallest absolute Gasteiger partial charge is 0.273 e. The fourth-order valence-electron chi connectivity index (χ4n) is 1.53. The van der Waals surface area contributed by atoms with Gasteiger partial charge in [0.2, 0.25) is 5.82 Å². The molecule has 0 amide bonds. The van der Waals surface area contributed by atoms with Crippen LogP contribution in [-0.2, 0) is 0 Å². The summed E-state index contributed by atoms with van der Waals surface area (Å²) in [6.07, 6.45) is 0. The molecule has 1 atom stereocenters. The van der Waals surface area contributed by atoms with Crippen molar-refractivity contribution in [2.45, 2.75) is 13.0 Å². The van der Waals surface area contributed by atoms with Crippen molar-refractivity contribution in [2.24, 2.45) is 11.5 Å². The lowest BCUT2D eigenvalue weighted by atomic mass is 10.2. The number of aromatic nitrogens is 3.